The van der Waals surface area contributed by atoms with E-state index in [9.17, 15) is 12.8 Å². The van der Waals surface area contributed by atoms with Crippen molar-refractivity contribution in [3.63, 3.8) is 0 Å². The van der Waals surface area contributed by atoms with Crippen LogP contribution in [-0.2, 0) is 10.0 Å². The van der Waals surface area contributed by atoms with E-state index < -0.39 is 15.8 Å². The molecule has 1 aromatic carbocycles. The number of rotatable bonds is 8. The van der Waals surface area contributed by atoms with Crippen LogP contribution in [0, 0.1) is 11.7 Å². The molecule has 1 aromatic rings. The molecule has 0 fully saturated rings. The van der Waals surface area contributed by atoms with Crippen molar-refractivity contribution in [2.75, 3.05) is 26.0 Å². The number of hydrogen-bond acceptors (Lipinski definition) is 5. The van der Waals surface area contributed by atoms with Gasteiger partial charge >= 0.3 is 0 Å². The van der Waals surface area contributed by atoms with Crippen molar-refractivity contribution in [2.24, 2.45) is 5.92 Å². The lowest BCUT2D eigenvalue weighted by atomic mass is 10.0. The zero-order chi connectivity index (χ0) is 16.0. The van der Waals surface area contributed by atoms with Gasteiger partial charge in [0.15, 0.2) is 11.6 Å². The highest BCUT2D eigenvalue weighted by atomic mass is 32.2. The van der Waals surface area contributed by atoms with E-state index in [4.69, 9.17) is 15.6 Å². The molecule has 0 radical (unpaired) electrons. The molecule has 8 heteroatoms. The second-order valence-electron chi connectivity index (χ2n) is 4.67. The van der Waals surface area contributed by atoms with Crippen molar-refractivity contribution in [2.45, 2.75) is 24.7 Å². The summed E-state index contributed by atoms with van der Waals surface area (Å²) in [5, 5.41) is 8.89. The van der Waals surface area contributed by atoms with Gasteiger partial charge in [0.05, 0.1) is 17.7 Å². The highest BCUT2D eigenvalue weighted by Gasteiger charge is 2.20. The van der Waals surface area contributed by atoms with Gasteiger partial charge in [0, 0.05) is 13.2 Å². The lowest BCUT2D eigenvalue weighted by Gasteiger charge is -2.15. The Morgan fingerprint density at radius 1 is 1.48 bits per heavy atom. The van der Waals surface area contributed by atoms with E-state index in [2.05, 4.69) is 4.72 Å². The number of halogens is 1. The molecular weight excluding hydrogens is 299 g/mol. The van der Waals surface area contributed by atoms with Gasteiger partial charge in [-0.25, -0.2) is 17.5 Å². The average molecular weight is 320 g/mol. The molecule has 0 aliphatic rings. The highest BCUT2D eigenvalue weighted by molar-refractivity contribution is 7.89. The summed E-state index contributed by atoms with van der Waals surface area (Å²) in [5.41, 5.74) is 5.49. The predicted octanol–water partition coefficient (Wildman–Crippen LogP) is 1.10. The van der Waals surface area contributed by atoms with Crippen LogP contribution in [0.15, 0.2) is 17.0 Å². The third kappa shape index (κ3) is 4.55. The minimum absolute atomic E-state index is 0.00958. The van der Waals surface area contributed by atoms with Gasteiger partial charge in [0.1, 0.15) is 0 Å². The van der Waals surface area contributed by atoms with Gasteiger partial charge in [-0.2, -0.15) is 0 Å². The fourth-order valence-corrected chi connectivity index (χ4v) is 3.07. The number of aliphatic hydroxyl groups excluding tert-OH is 1. The van der Waals surface area contributed by atoms with Crippen molar-refractivity contribution < 1.29 is 22.7 Å². The van der Waals surface area contributed by atoms with Gasteiger partial charge < -0.3 is 15.6 Å². The van der Waals surface area contributed by atoms with Crippen molar-refractivity contribution in [1.29, 1.82) is 0 Å². The third-order valence-electron chi connectivity index (χ3n) is 3.24. The minimum atomic E-state index is -3.86. The Balaban J connectivity index is 2.93. The van der Waals surface area contributed by atoms with Crippen LogP contribution in [0.5, 0.6) is 5.75 Å². The van der Waals surface area contributed by atoms with Crippen molar-refractivity contribution in [3.8, 4) is 5.75 Å². The third-order valence-corrected chi connectivity index (χ3v) is 4.64. The van der Waals surface area contributed by atoms with Crippen LogP contribution in [-0.4, -0.2) is 33.8 Å². The van der Waals surface area contributed by atoms with Gasteiger partial charge in [0.2, 0.25) is 10.0 Å². The molecule has 0 bridgehead atoms. The number of hydrogen-bond donors (Lipinski definition) is 3. The molecule has 0 aliphatic carbocycles. The SMILES string of the molecule is CCC(CCO)CNS(=O)(=O)c1cc(N)c(OC)c(F)c1. The van der Waals surface area contributed by atoms with Crippen LogP contribution >= 0.6 is 0 Å². The molecule has 0 aromatic heterocycles. The Kier molecular flexibility index (Phi) is 6.38. The van der Waals surface area contributed by atoms with Crippen LogP contribution in [0.4, 0.5) is 10.1 Å². The molecule has 120 valence electrons. The number of sulfonamides is 1. The minimum Gasteiger partial charge on any atom is -0.492 e. The fraction of sp³-hybridized carbons (Fsp3) is 0.538. The lowest BCUT2D eigenvalue weighted by molar-refractivity contribution is 0.254. The Bertz CT molecular complexity index is 555. The first-order chi connectivity index (χ1) is 9.85. The smallest absolute Gasteiger partial charge is 0.240 e. The summed E-state index contributed by atoms with van der Waals surface area (Å²) in [6, 6.07) is 2.02. The molecule has 0 saturated heterocycles. The molecule has 0 spiro atoms. The molecule has 0 heterocycles. The topological polar surface area (TPSA) is 102 Å². The Morgan fingerprint density at radius 3 is 2.62 bits per heavy atom. The molecule has 0 aliphatic heterocycles. The summed E-state index contributed by atoms with van der Waals surface area (Å²) in [7, 11) is -2.61. The number of nitrogens with two attached hydrogens (primary N) is 1. The lowest BCUT2D eigenvalue weighted by Crippen LogP contribution is -2.29. The van der Waals surface area contributed by atoms with Crippen molar-refractivity contribution >= 4 is 15.7 Å². The number of aliphatic hydroxyl groups is 1. The predicted molar refractivity (Wildman–Crippen MR) is 78.0 cm³/mol. The summed E-state index contributed by atoms with van der Waals surface area (Å²) in [5.74, 6) is -0.994. The molecule has 21 heavy (non-hydrogen) atoms. The summed E-state index contributed by atoms with van der Waals surface area (Å²) in [4.78, 5) is -0.253. The maximum Gasteiger partial charge on any atom is 0.240 e. The standard InChI is InChI=1S/C13H21FN2O4S/c1-3-9(4-5-17)8-16-21(18,19)10-6-11(14)13(20-2)12(15)7-10/h6-7,9,16-17H,3-5,8,15H2,1-2H3. The summed E-state index contributed by atoms with van der Waals surface area (Å²) < 4.78 is 45.1. The number of nitrogens with one attached hydrogen (secondary N) is 1. The molecule has 6 nitrogen and oxygen atoms in total. The van der Waals surface area contributed by atoms with Gasteiger partial charge in [-0.15, -0.1) is 0 Å². The second-order valence-corrected chi connectivity index (χ2v) is 6.43. The second kappa shape index (κ2) is 7.58. The monoisotopic (exact) mass is 320 g/mol. The van der Waals surface area contributed by atoms with E-state index in [1.165, 1.54) is 7.11 Å². The largest absolute Gasteiger partial charge is 0.492 e. The molecular formula is C13H21FN2O4S. The number of anilines is 1. The summed E-state index contributed by atoms with van der Waals surface area (Å²) >= 11 is 0. The van der Waals surface area contributed by atoms with E-state index in [-0.39, 0.29) is 35.4 Å². The molecule has 1 atom stereocenters. The summed E-state index contributed by atoms with van der Waals surface area (Å²) in [6.07, 6.45) is 1.22. The van der Waals surface area contributed by atoms with Crippen LogP contribution in [0.2, 0.25) is 0 Å². The number of nitrogen functional groups attached to an aromatic ring is 1. The maximum atomic E-state index is 13.7. The van der Waals surface area contributed by atoms with Crippen molar-refractivity contribution in [3.05, 3.63) is 17.9 Å². The van der Waals surface area contributed by atoms with E-state index in [0.29, 0.717) is 6.42 Å². The van der Waals surface area contributed by atoms with E-state index in [1.54, 1.807) is 0 Å². The van der Waals surface area contributed by atoms with E-state index in [1.807, 2.05) is 6.92 Å². The van der Waals surface area contributed by atoms with Gasteiger partial charge in [-0.05, 0) is 24.5 Å². The van der Waals surface area contributed by atoms with Crippen LogP contribution < -0.4 is 15.2 Å². The first-order valence-electron chi connectivity index (χ1n) is 6.59. The molecule has 4 N–H and O–H groups in total. The Morgan fingerprint density at radius 2 is 2.14 bits per heavy atom. The average Bonchev–Trinajstić information content (AvgIpc) is 2.43. The zero-order valence-electron chi connectivity index (χ0n) is 12.1. The quantitative estimate of drug-likeness (QED) is 0.623. The van der Waals surface area contributed by atoms with E-state index in [0.717, 1.165) is 18.6 Å². The van der Waals surface area contributed by atoms with Crippen LogP contribution in [0.25, 0.3) is 0 Å². The Hall–Kier alpha value is -1.38. The fourth-order valence-electron chi connectivity index (χ4n) is 1.90. The molecule has 1 rings (SSSR count). The highest BCUT2D eigenvalue weighted by Crippen LogP contribution is 2.28. The normalized spacial score (nSPS) is 13.1. The summed E-state index contributed by atoms with van der Waals surface area (Å²) in [6.45, 7) is 2.07. The first kappa shape index (κ1) is 17.7. The van der Waals surface area contributed by atoms with Crippen LogP contribution in [0.3, 0.4) is 0 Å². The molecule has 0 saturated carbocycles. The Labute approximate surface area is 124 Å². The number of ether oxygens (including phenoxy) is 1. The van der Waals surface area contributed by atoms with Crippen molar-refractivity contribution in [1.82, 2.24) is 4.72 Å². The number of benzene rings is 1. The van der Waals surface area contributed by atoms with Gasteiger partial charge in [0.25, 0.3) is 0 Å². The zero-order valence-corrected chi connectivity index (χ0v) is 12.9. The maximum absolute atomic E-state index is 13.7. The van der Waals surface area contributed by atoms with Gasteiger partial charge in [-0.3, -0.25) is 0 Å². The first-order valence-corrected chi connectivity index (χ1v) is 8.07. The van der Waals surface area contributed by atoms with E-state index >= 15 is 0 Å². The van der Waals surface area contributed by atoms with Crippen LogP contribution in [0.1, 0.15) is 19.8 Å². The van der Waals surface area contributed by atoms with Gasteiger partial charge in [-0.1, -0.05) is 13.3 Å². The number of methoxy groups -OCH3 is 1. The molecule has 1 unspecified atom stereocenters. The molecule has 0 amide bonds.